The van der Waals surface area contributed by atoms with Crippen molar-refractivity contribution in [1.29, 1.82) is 0 Å². The number of piperidine rings is 1. The lowest BCUT2D eigenvalue weighted by atomic mass is 9.98. The summed E-state index contributed by atoms with van der Waals surface area (Å²) in [4.78, 5) is 0. The molecule has 2 heteroatoms. The van der Waals surface area contributed by atoms with Gasteiger partial charge in [0, 0.05) is 0 Å². The van der Waals surface area contributed by atoms with Crippen molar-refractivity contribution in [2.75, 3.05) is 13.6 Å². The summed E-state index contributed by atoms with van der Waals surface area (Å²) in [6.07, 6.45) is 3.17. The van der Waals surface area contributed by atoms with Gasteiger partial charge in [0.15, 0.2) is 0 Å². The van der Waals surface area contributed by atoms with Crippen LogP contribution in [0.15, 0.2) is 0 Å². The zero-order valence-electron chi connectivity index (χ0n) is 6.28. The van der Waals surface area contributed by atoms with Crippen molar-refractivity contribution in [3.63, 3.8) is 0 Å². The summed E-state index contributed by atoms with van der Waals surface area (Å²) >= 11 is 0. The Bertz CT molecular complexity index is 83.3. The third kappa shape index (κ3) is 2.67. The minimum absolute atomic E-state index is 0. The first kappa shape index (κ1) is 9.92. The summed E-state index contributed by atoms with van der Waals surface area (Å²) in [7, 11) is 2.01. The summed E-state index contributed by atoms with van der Waals surface area (Å²) in [5.41, 5.74) is 0. The Balaban J connectivity index is 0.000000810. The van der Waals surface area contributed by atoms with Crippen LogP contribution in [0.4, 0.5) is 0 Å². The Morgan fingerprint density at radius 2 is 2.20 bits per heavy atom. The van der Waals surface area contributed by atoms with Crippen LogP contribution < -0.4 is 10.6 Å². The van der Waals surface area contributed by atoms with E-state index in [1.807, 2.05) is 7.05 Å². The van der Waals surface area contributed by atoms with Gasteiger partial charge < -0.3 is 10.6 Å². The topological polar surface area (TPSA) is 24.1 Å². The van der Waals surface area contributed by atoms with Gasteiger partial charge in [-0.3, -0.25) is 0 Å². The van der Waals surface area contributed by atoms with E-state index in [1.165, 1.54) is 19.4 Å². The Morgan fingerprint density at radius 3 is 2.60 bits per heavy atom. The molecule has 2 nitrogen and oxygen atoms in total. The molecule has 2 atom stereocenters. The van der Waals surface area contributed by atoms with E-state index >= 15 is 0 Å². The minimum atomic E-state index is 0. The summed E-state index contributed by atoms with van der Waals surface area (Å²) in [5.74, 6) is 0.892. The minimum Gasteiger partial charge on any atom is -0.305 e. The van der Waals surface area contributed by atoms with Gasteiger partial charge >= 0.3 is 0 Å². The molecule has 1 fully saturated rings. The van der Waals surface area contributed by atoms with E-state index in [0.29, 0.717) is 6.17 Å². The van der Waals surface area contributed by atoms with Crippen LogP contribution in [0, 0.1) is 5.92 Å². The molecule has 0 bridgehead atoms. The zero-order chi connectivity index (χ0) is 6.69. The van der Waals surface area contributed by atoms with Crippen LogP contribution in [-0.2, 0) is 0 Å². The maximum atomic E-state index is 3.39. The second-order valence-electron chi connectivity index (χ2n) is 2.92. The van der Waals surface area contributed by atoms with E-state index in [4.69, 9.17) is 0 Å². The van der Waals surface area contributed by atoms with E-state index < -0.39 is 0 Å². The van der Waals surface area contributed by atoms with Crippen molar-refractivity contribution in [3.05, 3.63) is 0 Å². The SMILES string of the molecule is C.CNC1CC(C)CCN1. The molecule has 0 aliphatic carbocycles. The third-order valence-electron chi connectivity index (χ3n) is 2.01. The van der Waals surface area contributed by atoms with Gasteiger partial charge in [-0.05, 0) is 32.4 Å². The van der Waals surface area contributed by atoms with Gasteiger partial charge in [-0.2, -0.15) is 0 Å². The molecule has 10 heavy (non-hydrogen) atoms. The lowest BCUT2D eigenvalue weighted by Gasteiger charge is -2.27. The van der Waals surface area contributed by atoms with E-state index in [-0.39, 0.29) is 7.43 Å². The van der Waals surface area contributed by atoms with Gasteiger partial charge in [-0.25, -0.2) is 0 Å². The van der Waals surface area contributed by atoms with Gasteiger partial charge in [0.2, 0.25) is 0 Å². The van der Waals surface area contributed by atoms with Gasteiger partial charge in [0.1, 0.15) is 0 Å². The molecule has 1 rings (SSSR count). The van der Waals surface area contributed by atoms with E-state index in [9.17, 15) is 0 Å². The normalized spacial score (nSPS) is 33.0. The van der Waals surface area contributed by atoms with Crippen molar-refractivity contribution in [3.8, 4) is 0 Å². The molecule has 2 unspecified atom stereocenters. The summed E-state index contributed by atoms with van der Waals surface area (Å²) in [6.45, 7) is 3.48. The van der Waals surface area contributed by atoms with E-state index in [2.05, 4.69) is 17.6 Å². The van der Waals surface area contributed by atoms with Crippen LogP contribution in [-0.4, -0.2) is 19.8 Å². The van der Waals surface area contributed by atoms with Crippen LogP contribution in [0.5, 0.6) is 0 Å². The van der Waals surface area contributed by atoms with Gasteiger partial charge in [0.05, 0.1) is 6.17 Å². The van der Waals surface area contributed by atoms with Crippen molar-refractivity contribution in [2.45, 2.75) is 33.4 Å². The van der Waals surface area contributed by atoms with Crippen LogP contribution in [0.3, 0.4) is 0 Å². The fourth-order valence-electron chi connectivity index (χ4n) is 1.33. The highest BCUT2D eigenvalue weighted by molar-refractivity contribution is 4.72. The second kappa shape index (κ2) is 4.69. The molecular formula is C8H20N2. The molecular weight excluding hydrogens is 124 g/mol. The van der Waals surface area contributed by atoms with Crippen molar-refractivity contribution >= 4 is 0 Å². The number of hydrogen-bond acceptors (Lipinski definition) is 2. The fraction of sp³-hybridized carbons (Fsp3) is 1.00. The molecule has 0 aromatic rings. The first-order valence-electron chi connectivity index (χ1n) is 3.73. The Labute approximate surface area is 64.4 Å². The smallest absolute Gasteiger partial charge is 0.0571 e. The maximum Gasteiger partial charge on any atom is 0.0571 e. The molecule has 62 valence electrons. The van der Waals surface area contributed by atoms with Gasteiger partial charge in [-0.15, -0.1) is 0 Å². The molecule has 2 N–H and O–H groups in total. The largest absolute Gasteiger partial charge is 0.305 e. The maximum absolute atomic E-state index is 3.39. The van der Waals surface area contributed by atoms with Crippen LogP contribution >= 0.6 is 0 Å². The molecule has 1 saturated heterocycles. The van der Waals surface area contributed by atoms with Crippen LogP contribution in [0.2, 0.25) is 0 Å². The Kier molecular flexibility index (Phi) is 4.65. The fourth-order valence-corrected chi connectivity index (χ4v) is 1.33. The van der Waals surface area contributed by atoms with Crippen LogP contribution in [0.1, 0.15) is 27.2 Å². The van der Waals surface area contributed by atoms with E-state index in [0.717, 1.165) is 5.92 Å². The molecule has 0 saturated carbocycles. The zero-order valence-corrected chi connectivity index (χ0v) is 6.28. The monoisotopic (exact) mass is 144 g/mol. The molecule has 1 heterocycles. The lowest BCUT2D eigenvalue weighted by Crippen LogP contribution is -2.45. The molecule has 0 spiro atoms. The lowest BCUT2D eigenvalue weighted by molar-refractivity contribution is 0.293. The molecule has 0 aromatic carbocycles. The number of nitrogens with one attached hydrogen (secondary N) is 2. The molecule has 0 aromatic heterocycles. The quantitative estimate of drug-likeness (QED) is 0.577. The van der Waals surface area contributed by atoms with Crippen molar-refractivity contribution < 1.29 is 0 Å². The van der Waals surface area contributed by atoms with Gasteiger partial charge in [-0.1, -0.05) is 14.4 Å². The van der Waals surface area contributed by atoms with Gasteiger partial charge in [0.25, 0.3) is 0 Å². The van der Waals surface area contributed by atoms with Crippen LogP contribution in [0.25, 0.3) is 0 Å². The second-order valence-corrected chi connectivity index (χ2v) is 2.92. The summed E-state index contributed by atoms with van der Waals surface area (Å²) in [6, 6.07) is 0. The predicted molar refractivity (Wildman–Crippen MR) is 46.0 cm³/mol. The highest BCUT2D eigenvalue weighted by Gasteiger charge is 2.15. The molecule has 1 aliphatic heterocycles. The average molecular weight is 144 g/mol. The van der Waals surface area contributed by atoms with Crippen molar-refractivity contribution in [2.24, 2.45) is 5.92 Å². The first-order valence-corrected chi connectivity index (χ1v) is 3.73. The predicted octanol–water partition coefficient (Wildman–Crippen LogP) is 1.19. The average Bonchev–Trinajstić information content (AvgIpc) is 1.88. The standard InChI is InChI=1S/C7H16N2.CH4/c1-6-3-4-9-7(5-6)8-2;/h6-9H,3-5H2,1-2H3;1H4. The summed E-state index contributed by atoms with van der Waals surface area (Å²) in [5, 5.41) is 6.61. The Hall–Kier alpha value is -0.0800. The molecule has 1 aliphatic rings. The molecule has 0 radical (unpaired) electrons. The first-order chi connectivity index (χ1) is 4.33. The molecule has 0 amide bonds. The Morgan fingerprint density at radius 1 is 1.50 bits per heavy atom. The number of rotatable bonds is 1. The highest BCUT2D eigenvalue weighted by atomic mass is 15.1. The summed E-state index contributed by atoms with van der Waals surface area (Å²) < 4.78 is 0. The van der Waals surface area contributed by atoms with Crippen molar-refractivity contribution in [1.82, 2.24) is 10.6 Å². The third-order valence-corrected chi connectivity index (χ3v) is 2.01. The number of hydrogen-bond donors (Lipinski definition) is 2. The highest BCUT2D eigenvalue weighted by Crippen LogP contribution is 2.12. The van der Waals surface area contributed by atoms with E-state index in [1.54, 1.807) is 0 Å².